The number of thiazole rings is 1. The summed E-state index contributed by atoms with van der Waals surface area (Å²) >= 11 is 1.67. The molecule has 1 N–H and O–H groups in total. The normalized spacial score (nSPS) is 17.4. The third kappa shape index (κ3) is 5.01. The molecule has 2 amide bonds. The van der Waals surface area contributed by atoms with Crippen molar-refractivity contribution in [1.29, 1.82) is 0 Å². The molecule has 1 aromatic heterocycles. The lowest BCUT2D eigenvalue weighted by atomic mass is 9.85. The van der Waals surface area contributed by atoms with E-state index in [9.17, 15) is 9.59 Å². The van der Waals surface area contributed by atoms with E-state index in [0.717, 1.165) is 60.8 Å². The average Bonchev–Trinajstić information content (AvgIpc) is 3.21. The summed E-state index contributed by atoms with van der Waals surface area (Å²) in [4.78, 5) is 31.4. The number of nitrogens with zero attached hydrogens (tertiary/aromatic N) is 2. The second-order valence-corrected chi connectivity index (χ2v) is 9.09. The van der Waals surface area contributed by atoms with Crippen LogP contribution in [0.2, 0.25) is 0 Å². The van der Waals surface area contributed by atoms with Crippen LogP contribution in [-0.4, -0.2) is 41.9 Å². The van der Waals surface area contributed by atoms with Gasteiger partial charge in [0.15, 0.2) is 0 Å². The van der Waals surface area contributed by atoms with Gasteiger partial charge in [0.1, 0.15) is 5.75 Å². The monoisotopic (exact) mass is 427 g/mol. The SMILES string of the molecule is COc1ccc(CC(=O)N2CCC(c3nc(CNC(=O)C4CCC4)cs3)CC2)cc1. The molecule has 2 aliphatic rings. The molecule has 1 aliphatic heterocycles. The zero-order valence-corrected chi connectivity index (χ0v) is 18.2. The second-order valence-electron chi connectivity index (χ2n) is 8.20. The van der Waals surface area contributed by atoms with E-state index in [1.807, 2.05) is 29.2 Å². The minimum absolute atomic E-state index is 0.166. The first-order chi connectivity index (χ1) is 14.6. The molecule has 1 saturated heterocycles. The molecule has 6 nitrogen and oxygen atoms in total. The topological polar surface area (TPSA) is 71.5 Å². The predicted octanol–water partition coefficient (Wildman–Crippen LogP) is 3.52. The molecule has 2 fully saturated rings. The molecule has 0 atom stereocenters. The molecular weight excluding hydrogens is 398 g/mol. The van der Waals surface area contributed by atoms with Crippen molar-refractivity contribution in [2.75, 3.05) is 20.2 Å². The van der Waals surface area contributed by atoms with Crippen molar-refractivity contribution in [2.45, 2.75) is 51.0 Å². The molecule has 0 unspecified atom stereocenters. The van der Waals surface area contributed by atoms with Crippen LogP contribution in [0.4, 0.5) is 0 Å². The van der Waals surface area contributed by atoms with Crippen LogP contribution in [0.3, 0.4) is 0 Å². The van der Waals surface area contributed by atoms with E-state index in [0.29, 0.717) is 18.9 Å². The molecule has 2 heterocycles. The molecule has 30 heavy (non-hydrogen) atoms. The first kappa shape index (κ1) is 20.8. The van der Waals surface area contributed by atoms with Gasteiger partial charge < -0.3 is 15.0 Å². The summed E-state index contributed by atoms with van der Waals surface area (Å²) in [7, 11) is 1.64. The number of ether oxygens (including phenoxy) is 1. The fraction of sp³-hybridized carbons (Fsp3) is 0.522. The van der Waals surface area contributed by atoms with Crippen molar-refractivity contribution in [1.82, 2.24) is 15.2 Å². The summed E-state index contributed by atoms with van der Waals surface area (Å²) in [5, 5.41) is 6.20. The van der Waals surface area contributed by atoms with Gasteiger partial charge in [-0.25, -0.2) is 4.98 Å². The molecule has 1 saturated carbocycles. The van der Waals surface area contributed by atoms with Crippen LogP contribution < -0.4 is 10.1 Å². The van der Waals surface area contributed by atoms with Crippen LogP contribution in [0.1, 0.15) is 54.3 Å². The van der Waals surface area contributed by atoms with Gasteiger partial charge in [-0.15, -0.1) is 11.3 Å². The van der Waals surface area contributed by atoms with E-state index in [4.69, 9.17) is 9.72 Å². The van der Waals surface area contributed by atoms with Gasteiger partial charge in [0.25, 0.3) is 0 Å². The van der Waals surface area contributed by atoms with Crippen molar-refractivity contribution in [2.24, 2.45) is 5.92 Å². The molecule has 7 heteroatoms. The molecule has 4 rings (SSSR count). The van der Waals surface area contributed by atoms with Gasteiger partial charge in [0, 0.05) is 30.3 Å². The van der Waals surface area contributed by atoms with Crippen molar-refractivity contribution in [3.63, 3.8) is 0 Å². The van der Waals surface area contributed by atoms with Gasteiger partial charge >= 0.3 is 0 Å². The number of hydrogen-bond acceptors (Lipinski definition) is 5. The highest BCUT2D eigenvalue weighted by molar-refractivity contribution is 7.09. The third-order valence-electron chi connectivity index (χ3n) is 6.20. The molecule has 2 aromatic rings. The van der Waals surface area contributed by atoms with Crippen molar-refractivity contribution in [3.05, 3.63) is 45.9 Å². The number of piperidine rings is 1. The zero-order valence-electron chi connectivity index (χ0n) is 17.4. The minimum Gasteiger partial charge on any atom is -0.497 e. The fourth-order valence-corrected chi connectivity index (χ4v) is 4.98. The molecule has 1 aliphatic carbocycles. The maximum atomic E-state index is 12.6. The highest BCUT2D eigenvalue weighted by Gasteiger charge is 2.27. The molecule has 160 valence electrons. The summed E-state index contributed by atoms with van der Waals surface area (Å²) < 4.78 is 5.17. The summed E-state index contributed by atoms with van der Waals surface area (Å²) in [5.74, 6) is 1.76. The minimum atomic E-state index is 0.166. The summed E-state index contributed by atoms with van der Waals surface area (Å²) in [6, 6.07) is 7.68. The lowest BCUT2D eigenvalue weighted by molar-refractivity contribution is -0.131. The number of nitrogens with one attached hydrogen (secondary N) is 1. The van der Waals surface area contributed by atoms with Crippen LogP contribution in [0.15, 0.2) is 29.6 Å². The van der Waals surface area contributed by atoms with E-state index in [2.05, 4.69) is 10.7 Å². The molecule has 0 bridgehead atoms. The van der Waals surface area contributed by atoms with Crippen molar-refractivity contribution in [3.8, 4) is 5.75 Å². The Morgan fingerprint density at radius 2 is 1.90 bits per heavy atom. The number of hydrogen-bond donors (Lipinski definition) is 1. The van der Waals surface area contributed by atoms with Gasteiger partial charge in [0.2, 0.25) is 11.8 Å². The van der Waals surface area contributed by atoms with E-state index < -0.39 is 0 Å². The van der Waals surface area contributed by atoms with Gasteiger partial charge in [0.05, 0.1) is 30.8 Å². The van der Waals surface area contributed by atoms with Crippen LogP contribution in [0, 0.1) is 5.92 Å². The zero-order chi connectivity index (χ0) is 20.9. The third-order valence-corrected chi connectivity index (χ3v) is 7.26. The number of methoxy groups -OCH3 is 1. The number of carbonyl (C=O) groups is 2. The Morgan fingerprint density at radius 1 is 1.17 bits per heavy atom. The maximum absolute atomic E-state index is 12.6. The maximum Gasteiger partial charge on any atom is 0.226 e. The standard InChI is InChI=1S/C23H29N3O3S/c1-29-20-7-5-16(6-8-20)13-21(27)26-11-9-18(10-12-26)23-25-19(15-30-23)14-24-22(28)17-3-2-4-17/h5-8,15,17-18H,2-4,9-14H2,1H3,(H,24,28). The number of aromatic nitrogens is 1. The van der Waals surface area contributed by atoms with Crippen LogP contribution in [0.5, 0.6) is 5.75 Å². The molecule has 0 spiro atoms. The summed E-state index contributed by atoms with van der Waals surface area (Å²) in [5.41, 5.74) is 1.96. The number of rotatable bonds is 7. The summed E-state index contributed by atoms with van der Waals surface area (Å²) in [6.07, 6.45) is 5.51. The quantitative estimate of drug-likeness (QED) is 0.734. The van der Waals surface area contributed by atoms with Crippen molar-refractivity contribution < 1.29 is 14.3 Å². The van der Waals surface area contributed by atoms with E-state index in [1.54, 1.807) is 18.4 Å². The molecular formula is C23H29N3O3S. The Balaban J connectivity index is 1.23. The Bertz CT molecular complexity index is 868. The number of amides is 2. The number of carbonyl (C=O) groups excluding carboxylic acids is 2. The van der Waals surface area contributed by atoms with Crippen LogP contribution >= 0.6 is 11.3 Å². The first-order valence-electron chi connectivity index (χ1n) is 10.7. The second kappa shape index (κ2) is 9.60. The number of likely N-dealkylation sites (tertiary alicyclic amines) is 1. The number of benzene rings is 1. The predicted molar refractivity (Wildman–Crippen MR) is 117 cm³/mol. The Labute approximate surface area is 181 Å². The molecule has 1 aromatic carbocycles. The summed E-state index contributed by atoms with van der Waals surface area (Å²) in [6.45, 7) is 2.06. The highest BCUT2D eigenvalue weighted by Crippen LogP contribution is 2.31. The van der Waals surface area contributed by atoms with E-state index in [-0.39, 0.29) is 17.7 Å². The first-order valence-corrected chi connectivity index (χ1v) is 11.6. The largest absolute Gasteiger partial charge is 0.497 e. The fourth-order valence-electron chi connectivity index (χ4n) is 3.99. The van der Waals surface area contributed by atoms with Crippen LogP contribution in [-0.2, 0) is 22.6 Å². The van der Waals surface area contributed by atoms with Crippen LogP contribution in [0.25, 0.3) is 0 Å². The lowest BCUT2D eigenvalue weighted by Crippen LogP contribution is -2.38. The highest BCUT2D eigenvalue weighted by atomic mass is 32.1. The van der Waals surface area contributed by atoms with E-state index >= 15 is 0 Å². The van der Waals surface area contributed by atoms with Gasteiger partial charge in [-0.2, -0.15) is 0 Å². The Kier molecular flexibility index (Phi) is 6.67. The lowest BCUT2D eigenvalue weighted by Gasteiger charge is -2.31. The smallest absolute Gasteiger partial charge is 0.226 e. The Morgan fingerprint density at radius 3 is 2.53 bits per heavy atom. The average molecular weight is 428 g/mol. The van der Waals surface area contributed by atoms with Gasteiger partial charge in [-0.3, -0.25) is 9.59 Å². The van der Waals surface area contributed by atoms with Gasteiger partial charge in [-0.05, 0) is 43.4 Å². The van der Waals surface area contributed by atoms with Gasteiger partial charge in [-0.1, -0.05) is 18.6 Å². The Hall–Kier alpha value is -2.41. The van der Waals surface area contributed by atoms with Crippen molar-refractivity contribution >= 4 is 23.2 Å². The van der Waals surface area contributed by atoms with E-state index in [1.165, 1.54) is 6.42 Å². The molecule has 0 radical (unpaired) electrons.